The third kappa shape index (κ3) is 29.0. The number of hydrogen-bond acceptors (Lipinski definition) is 7. The largest absolute Gasteiger partial charge is 0.490 e. The molecule has 0 atom stereocenters. The quantitative estimate of drug-likeness (QED) is 0.0821. The number of hydroxylamine groups is 2. The van der Waals surface area contributed by atoms with Crippen LogP contribution in [0, 0.1) is 0 Å². The third-order valence-corrected chi connectivity index (χ3v) is 6.17. The van der Waals surface area contributed by atoms with Gasteiger partial charge in [-0.1, -0.05) is 89.5 Å². The number of urea groups is 1. The molecular formula is C29H53F3N4O7. The first-order valence-corrected chi connectivity index (χ1v) is 15.5. The van der Waals surface area contributed by atoms with E-state index in [1.165, 1.54) is 77.0 Å². The van der Waals surface area contributed by atoms with Crippen LogP contribution in [0.4, 0.5) is 18.0 Å². The predicted octanol–water partition coefficient (Wildman–Crippen LogP) is 5.75. The van der Waals surface area contributed by atoms with Crippen molar-refractivity contribution in [2.75, 3.05) is 19.6 Å². The third-order valence-electron chi connectivity index (χ3n) is 6.17. The zero-order valence-electron chi connectivity index (χ0n) is 25.9. The van der Waals surface area contributed by atoms with Crippen molar-refractivity contribution in [3.63, 3.8) is 0 Å². The molecule has 5 N–H and O–H groups in total. The minimum absolute atomic E-state index is 0.0376. The second-order valence-electron chi connectivity index (χ2n) is 10.2. The van der Waals surface area contributed by atoms with E-state index in [9.17, 15) is 32.3 Å². The Morgan fingerprint density at radius 2 is 1.16 bits per heavy atom. The Hall–Kier alpha value is -2.90. The lowest BCUT2D eigenvalue weighted by Gasteiger charge is -2.16. The topological polar surface area (TPSA) is 168 Å². The van der Waals surface area contributed by atoms with Gasteiger partial charge in [0.05, 0.1) is 0 Å². The molecule has 0 aliphatic carbocycles. The summed E-state index contributed by atoms with van der Waals surface area (Å²) in [5.41, 5.74) is 5.07. The van der Waals surface area contributed by atoms with Gasteiger partial charge in [0, 0.05) is 25.8 Å². The first kappa shape index (κ1) is 42.2. The van der Waals surface area contributed by atoms with Gasteiger partial charge in [-0.3, -0.25) is 9.59 Å². The number of halogens is 3. The number of carboxylic acid groups (broad SMARTS) is 1. The molecule has 0 aromatic carbocycles. The van der Waals surface area contributed by atoms with E-state index in [-0.39, 0.29) is 18.7 Å². The number of carbonyl (C=O) groups excluding carboxylic acids is 4. The Morgan fingerprint density at radius 3 is 1.63 bits per heavy atom. The van der Waals surface area contributed by atoms with Crippen LogP contribution in [0.1, 0.15) is 129 Å². The van der Waals surface area contributed by atoms with Crippen molar-refractivity contribution in [2.24, 2.45) is 5.73 Å². The number of imide groups is 1. The highest BCUT2D eigenvalue weighted by Crippen LogP contribution is 2.13. The molecule has 0 radical (unpaired) electrons. The summed E-state index contributed by atoms with van der Waals surface area (Å²) in [5.74, 6) is -4.21. The molecule has 0 unspecified atom stereocenters. The number of aliphatic carboxylic acids is 1. The van der Waals surface area contributed by atoms with Crippen LogP contribution in [-0.2, 0) is 24.0 Å². The molecule has 0 spiro atoms. The molecule has 11 nitrogen and oxygen atoms in total. The summed E-state index contributed by atoms with van der Waals surface area (Å²) in [6, 6.07) is -1.12. The van der Waals surface area contributed by atoms with Crippen molar-refractivity contribution >= 4 is 29.8 Å². The smallest absolute Gasteiger partial charge is 0.475 e. The van der Waals surface area contributed by atoms with Crippen LogP contribution in [-0.4, -0.2) is 65.8 Å². The van der Waals surface area contributed by atoms with Crippen LogP contribution in [0.3, 0.4) is 0 Å². The Bertz CT molecular complexity index is 784. The highest BCUT2D eigenvalue weighted by Gasteiger charge is 2.38. The first-order valence-electron chi connectivity index (χ1n) is 15.5. The second kappa shape index (κ2) is 27.9. The summed E-state index contributed by atoms with van der Waals surface area (Å²) in [6.07, 6.45) is 13.1. The van der Waals surface area contributed by atoms with E-state index in [1.807, 2.05) is 0 Å². The number of alkyl halides is 3. The number of primary amides is 1. The van der Waals surface area contributed by atoms with Gasteiger partial charge >= 0.3 is 24.1 Å². The van der Waals surface area contributed by atoms with Crippen LogP contribution in [0.15, 0.2) is 0 Å². The highest BCUT2D eigenvalue weighted by molar-refractivity contribution is 5.93. The normalized spacial score (nSPS) is 10.8. The molecule has 0 aliphatic heterocycles. The van der Waals surface area contributed by atoms with Crippen molar-refractivity contribution in [2.45, 2.75) is 136 Å². The minimum Gasteiger partial charge on any atom is -0.475 e. The number of amides is 4. The van der Waals surface area contributed by atoms with Crippen molar-refractivity contribution in [1.29, 1.82) is 0 Å². The number of rotatable bonds is 23. The van der Waals surface area contributed by atoms with E-state index in [4.69, 9.17) is 20.5 Å². The molecular weight excluding hydrogens is 573 g/mol. The van der Waals surface area contributed by atoms with E-state index < -0.39 is 30.1 Å². The number of nitrogens with one attached hydrogen (secondary N) is 2. The van der Waals surface area contributed by atoms with Gasteiger partial charge in [0.1, 0.15) is 0 Å². The average molecular weight is 627 g/mol. The van der Waals surface area contributed by atoms with Gasteiger partial charge in [0.15, 0.2) is 0 Å². The van der Waals surface area contributed by atoms with Gasteiger partial charge < -0.3 is 26.3 Å². The number of nitrogens with two attached hydrogens (primary N) is 1. The SMILES string of the molecule is CCCCCCCCCCCCCCNCCCC(=O)NCCCC(=O)ON(C(N)=O)C(=O)CCC.O=C(O)C(F)(F)F. The zero-order valence-corrected chi connectivity index (χ0v) is 25.9. The number of hydrogen-bond donors (Lipinski definition) is 4. The lowest BCUT2D eigenvalue weighted by Crippen LogP contribution is -2.42. The van der Waals surface area contributed by atoms with Crippen molar-refractivity contribution in [3.05, 3.63) is 0 Å². The van der Waals surface area contributed by atoms with E-state index in [2.05, 4.69) is 17.6 Å². The van der Waals surface area contributed by atoms with Crippen molar-refractivity contribution in [3.8, 4) is 0 Å². The fraction of sp³-hybridized carbons (Fsp3) is 0.828. The van der Waals surface area contributed by atoms with Gasteiger partial charge in [-0.2, -0.15) is 13.2 Å². The van der Waals surface area contributed by atoms with Gasteiger partial charge in [-0.25, -0.2) is 14.4 Å². The number of nitrogens with zero attached hydrogens (tertiary/aromatic N) is 1. The van der Waals surface area contributed by atoms with Gasteiger partial charge in [-0.15, -0.1) is 0 Å². The summed E-state index contributed by atoms with van der Waals surface area (Å²) >= 11 is 0. The van der Waals surface area contributed by atoms with Crippen LogP contribution in [0.25, 0.3) is 0 Å². The Morgan fingerprint density at radius 1 is 0.698 bits per heavy atom. The van der Waals surface area contributed by atoms with Crippen LogP contribution in [0.5, 0.6) is 0 Å². The second-order valence-corrected chi connectivity index (χ2v) is 10.2. The molecule has 0 heterocycles. The zero-order chi connectivity index (χ0) is 32.9. The standard InChI is InChI=1S/C27H52N4O5.C2HF3O2/c1-3-5-6-7-8-9-10-11-12-13-14-15-21-29-22-16-19-24(32)30-23-17-20-26(34)36-31(27(28)35)25(33)18-4-2;3-2(4,5)1(6)7/h29H,3-23H2,1-2H3,(H2,28,35)(H,30,32);(H,6,7). The molecule has 0 aliphatic rings. The summed E-state index contributed by atoms with van der Waals surface area (Å²) in [5, 5.41) is 13.6. The summed E-state index contributed by atoms with van der Waals surface area (Å²) in [6.45, 7) is 6.14. The molecule has 0 bridgehead atoms. The van der Waals surface area contributed by atoms with Crippen molar-refractivity contribution < 1.29 is 47.1 Å². The lowest BCUT2D eigenvalue weighted by molar-refractivity contribution is -0.192. The molecule has 0 saturated heterocycles. The van der Waals surface area contributed by atoms with E-state index in [0.717, 1.165) is 19.5 Å². The van der Waals surface area contributed by atoms with E-state index >= 15 is 0 Å². The molecule has 43 heavy (non-hydrogen) atoms. The Kier molecular flexibility index (Phi) is 27.4. The molecule has 4 amide bonds. The maximum Gasteiger partial charge on any atom is 0.490 e. The molecule has 252 valence electrons. The molecule has 0 aromatic heterocycles. The summed E-state index contributed by atoms with van der Waals surface area (Å²) in [4.78, 5) is 60.3. The fourth-order valence-electron chi connectivity index (χ4n) is 3.82. The molecule has 0 fully saturated rings. The lowest BCUT2D eigenvalue weighted by atomic mass is 10.1. The van der Waals surface area contributed by atoms with E-state index in [0.29, 0.717) is 30.9 Å². The van der Waals surface area contributed by atoms with Crippen LogP contribution in [0.2, 0.25) is 0 Å². The first-order chi connectivity index (χ1) is 20.4. The number of carboxylic acids is 1. The maximum absolute atomic E-state index is 11.9. The van der Waals surface area contributed by atoms with Crippen molar-refractivity contribution in [1.82, 2.24) is 15.7 Å². The number of unbranched alkanes of at least 4 members (excludes halogenated alkanes) is 11. The minimum atomic E-state index is -5.08. The summed E-state index contributed by atoms with van der Waals surface area (Å²) in [7, 11) is 0. The predicted molar refractivity (Wildman–Crippen MR) is 157 cm³/mol. The van der Waals surface area contributed by atoms with Gasteiger partial charge in [0.25, 0.3) is 5.91 Å². The molecule has 0 rings (SSSR count). The summed E-state index contributed by atoms with van der Waals surface area (Å²) < 4.78 is 31.7. The monoisotopic (exact) mass is 626 g/mol. The number of carbonyl (C=O) groups is 5. The highest BCUT2D eigenvalue weighted by atomic mass is 19.4. The Labute approximate surface area is 253 Å². The Balaban J connectivity index is 0. The maximum atomic E-state index is 11.9. The van der Waals surface area contributed by atoms with Crippen LogP contribution >= 0.6 is 0 Å². The molecule has 0 aromatic rings. The molecule has 0 saturated carbocycles. The average Bonchev–Trinajstić information content (AvgIpc) is 2.93. The van der Waals surface area contributed by atoms with Gasteiger partial charge in [0.2, 0.25) is 5.91 Å². The van der Waals surface area contributed by atoms with Gasteiger partial charge in [-0.05, 0) is 38.8 Å². The van der Waals surface area contributed by atoms with Crippen LogP contribution < -0.4 is 16.4 Å². The van der Waals surface area contributed by atoms with E-state index in [1.54, 1.807) is 6.92 Å². The molecule has 14 heteroatoms. The fourth-order valence-corrected chi connectivity index (χ4v) is 3.82.